The molecule has 4 heteroatoms. The smallest absolute Gasteiger partial charge is 0.0853 e. The number of aromatic nitrogens is 2. The first-order valence-electron chi connectivity index (χ1n) is 4.69. The van der Waals surface area contributed by atoms with Gasteiger partial charge < -0.3 is 5.32 Å². The Labute approximate surface area is 89.8 Å². The van der Waals surface area contributed by atoms with Crippen LogP contribution in [0.5, 0.6) is 0 Å². The second kappa shape index (κ2) is 5.05. The van der Waals surface area contributed by atoms with Gasteiger partial charge in [-0.15, -0.1) is 0 Å². The van der Waals surface area contributed by atoms with Crippen LogP contribution in [0.2, 0.25) is 0 Å². The fourth-order valence-electron chi connectivity index (χ4n) is 1.22. The molecule has 0 radical (unpaired) electrons. The molecule has 14 heavy (non-hydrogen) atoms. The summed E-state index contributed by atoms with van der Waals surface area (Å²) in [4.78, 5) is 0. The zero-order valence-corrected chi connectivity index (χ0v) is 9.60. The highest BCUT2D eigenvalue weighted by atomic mass is 35.5. The Bertz CT molecular complexity index is 328. The summed E-state index contributed by atoms with van der Waals surface area (Å²) < 4.78 is 1.82. The molecule has 0 atom stereocenters. The van der Waals surface area contributed by atoms with Crippen molar-refractivity contribution in [1.29, 1.82) is 0 Å². The molecule has 0 aliphatic carbocycles. The molecular weight excluding hydrogens is 198 g/mol. The van der Waals surface area contributed by atoms with Crippen molar-refractivity contribution >= 4 is 17.3 Å². The van der Waals surface area contributed by atoms with Gasteiger partial charge in [0.2, 0.25) is 0 Å². The van der Waals surface area contributed by atoms with Crippen LogP contribution >= 0.6 is 11.6 Å². The van der Waals surface area contributed by atoms with Crippen LogP contribution in [0, 0.1) is 0 Å². The number of nitrogens with one attached hydrogen (secondary N) is 1. The van der Waals surface area contributed by atoms with E-state index in [1.165, 1.54) is 0 Å². The van der Waals surface area contributed by atoms with Crippen LogP contribution in [0.25, 0.3) is 0 Å². The van der Waals surface area contributed by atoms with Crippen LogP contribution in [-0.4, -0.2) is 16.3 Å². The van der Waals surface area contributed by atoms with E-state index in [1.807, 2.05) is 24.9 Å². The SMILES string of the molecule is CCc1nn(C)cc1NC/C(C)=C/Cl. The molecule has 1 N–H and O–H groups in total. The molecule has 0 unspecified atom stereocenters. The van der Waals surface area contributed by atoms with Crippen molar-refractivity contribution < 1.29 is 0 Å². The standard InChI is InChI=1S/C10H16ClN3/c1-4-9-10(7-14(3)13-9)12-6-8(2)5-11/h5,7,12H,4,6H2,1-3H3/b8-5+. The Kier molecular flexibility index (Phi) is 4.01. The molecule has 0 saturated heterocycles. The van der Waals surface area contributed by atoms with Crippen molar-refractivity contribution in [3.05, 3.63) is 23.0 Å². The van der Waals surface area contributed by atoms with Gasteiger partial charge in [0.05, 0.1) is 11.4 Å². The quantitative estimate of drug-likeness (QED) is 0.833. The first-order valence-corrected chi connectivity index (χ1v) is 5.13. The van der Waals surface area contributed by atoms with Gasteiger partial charge in [-0.05, 0) is 18.9 Å². The largest absolute Gasteiger partial charge is 0.379 e. The summed E-state index contributed by atoms with van der Waals surface area (Å²) in [7, 11) is 1.93. The third-order valence-electron chi connectivity index (χ3n) is 1.98. The zero-order chi connectivity index (χ0) is 10.6. The van der Waals surface area contributed by atoms with E-state index in [0.29, 0.717) is 0 Å². The Morgan fingerprint density at radius 2 is 2.43 bits per heavy atom. The molecular formula is C10H16ClN3. The third kappa shape index (κ3) is 2.77. The van der Waals surface area contributed by atoms with Gasteiger partial charge in [-0.2, -0.15) is 5.10 Å². The lowest BCUT2D eigenvalue weighted by Gasteiger charge is -2.04. The first kappa shape index (κ1) is 11.1. The van der Waals surface area contributed by atoms with Gasteiger partial charge in [-0.3, -0.25) is 4.68 Å². The molecule has 0 aliphatic heterocycles. The lowest BCUT2D eigenvalue weighted by Crippen LogP contribution is -2.03. The maximum Gasteiger partial charge on any atom is 0.0853 e. The van der Waals surface area contributed by atoms with E-state index in [-0.39, 0.29) is 0 Å². The predicted octanol–water partition coefficient (Wildman–Crippen LogP) is 2.54. The summed E-state index contributed by atoms with van der Waals surface area (Å²) in [5.41, 5.74) is 4.88. The maximum atomic E-state index is 5.57. The van der Waals surface area contributed by atoms with E-state index < -0.39 is 0 Å². The van der Waals surface area contributed by atoms with Crippen LogP contribution in [0.4, 0.5) is 5.69 Å². The average molecular weight is 214 g/mol. The molecule has 0 aromatic carbocycles. The number of hydrogen-bond donors (Lipinski definition) is 1. The fourth-order valence-corrected chi connectivity index (χ4v) is 1.29. The number of aryl methyl sites for hydroxylation is 2. The van der Waals surface area contributed by atoms with E-state index in [2.05, 4.69) is 17.3 Å². The minimum absolute atomic E-state index is 0.766. The van der Waals surface area contributed by atoms with E-state index in [4.69, 9.17) is 11.6 Å². The second-order valence-electron chi connectivity index (χ2n) is 3.33. The van der Waals surface area contributed by atoms with Crippen molar-refractivity contribution in [1.82, 2.24) is 9.78 Å². The summed E-state index contributed by atoms with van der Waals surface area (Å²) in [6.45, 7) is 4.85. The van der Waals surface area contributed by atoms with Gasteiger partial charge in [0, 0.05) is 25.3 Å². The minimum atomic E-state index is 0.766. The normalized spacial score (nSPS) is 11.9. The Morgan fingerprint density at radius 3 is 3.00 bits per heavy atom. The molecule has 0 saturated carbocycles. The van der Waals surface area contributed by atoms with Gasteiger partial charge in [0.15, 0.2) is 0 Å². The lowest BCUT2D eigenvalue weighted by atomic mass is 10.3. The molecule has 1 rings (SSSR count). The Hall–Kier alpha value is -0.960. The van der Waals surface area contributed by atoms with Gasteiger partial charge in [-0.25, -0.2) is 0 Å². The summed E-state index contributed by atoms with van der Waals surface area (Å²) >= 11 is 5.57. The summed E-state index contributed by atoms with van der Waals surface area (Å²) in [5.74, 6) is 0. The molecule has 0 amide bonds. The van der Waals surface area contributed by atoms with E-state index in [1.54, 1.807) is 5.54 Å². The molecule has 0 fully saturated rings. The highest BCUT2D eigenvalue weighted by molar-refractivity contribution is 6.25. The van der Waals surface area contributed by atoms with Gasteiger partial charge in [-0.1, -0.05) is 18.5 Å². The van der Waals surface area contributed by atoms with Crippen molar-refractivity contribution in [2.45, 2.75) is 20.3 Å². The Balaban J connectivity index is 2.66. The highest BCUT2D eigenvalue weighted by Crippen LogP contribution is 2.13. The summed E-state index contributed by atoms with van der Waals surface area (Å²) in [6.07, 6.45) is 2.92. The van der Waals surface area contributed by atoms with Crippen LogP contribution in [-0.2, 0) is 13.5 Å². The lowest BCUT2D eigenvalue weighted by molar-refractivity contribution is 0.746. The van der Waals surface area contributed by atoms with Crippen LogP contribution in [0.3, 0.4) is 0 Å². The first-order chi connectivity index (χ1) is 6.67. The maximum absolute atomic E-state index is 5.57. The molecule has 0 bridgehead atoms. The monoisotopic (exact) mass is 213 g/mol. The zero-order valence-electron chi connectivity index (χ0n) is 8.84. The number of rotatable bonds is 4. The van der Waals surface area contributed by atoms with Gasteiger partial charge >= 0.3 is 0 Å². The average Bonchev–Trinajstić information content (AvgIpc) is 2.55. The van der Waals surface area contributed by atoms with E-state index in [9.17, 15) is 0 Å². The van der Waals surface area contributed by atoms with Crippen molar-refractivity contribution in [2.24, 2.45) is 7.05 Å². The van der Waals surface area contributed by atoms with Crippen molar-refractivity contribution in [3.63, 3.8) is 0 Å². The molecule has 1 aromatic heterocycles. The highest BCUT2D eigenvalue weighted by Gasteiger charge is 2.04. The van der Waals surface area contributed by atoms with E-state index in [0.717, 1.165) is 29.9 Å². The van der Waals surface area contributed by atoms with Gasteiger partial charge in [0.25, 0.3) is 0 Å². The van der Waals surface area contributed by atoms with Crippen molar-refractivity contribution in [2.75, 3.05) is 11.9 Å². The molecule has 78 valence electrons. The van der Waals surface area contributed by atoms with Gasteiger partial charge in [0.1, 0.15) is 0 Å². The summed E-state index contributed by atoms with van der Waals surface area (Å²) in [6, 6.07) is 0. The summed E-state index contributed by atoms with van der Waals surface area (Å²) in [5, 5.41) is 7.63. The minimum Gasteiger partial charge on any atom is -0.379 e. The molecule has 0 spiro atoms. The predicted molar refractivity (Wildman–Crippen MR) is 60.7 cm³/mol. The molecule has 1 heterocycles. The Morgan fingerprint density at radius 1 is 1.71 bits per heavy atom. The number of halogens is 1. The fraction of sp³-hybridized carbons (Fsp3) is 0.500. The third-order valence-corrected chi connectivity index (χ3v) is 2.36. The van der Waals surface area contributed by atoms with E-state index >= 15 is 0 Å². The molecule has 1 aromatic rings. The number of nitrogens with zero attached hydrogens (tertiary/aromatic N) is 2. The van der Waals surface area contributed by atoms with Crippen LogP contribution in [0.15, 0.2) is 17.3 Å². The van der Waals surface area contributed by atoms with Crippen LogP contribution in [0.1, 0.15) is 19.5 Å². The molecule has 0 aliphatic rings. The molecule has 3 nitrogen and oxygen atoms in total. The topological polar surface area (TPSA) is 29.9 Å². The second-order valence-corrected chi connectivity index (χ2v) is 3.54. The number of anilines is 1. The van der Waals surface area contributed by atoms with Crippen molar-refractivity contribution in [3.8, 4) is 0 Å². The van der Waals surface area contributed by atoms with Crippen LogP contribution < -0.4 is 5.32 Å². The number of hydrogen-bond acceptors (Lipinski definition) is 2.